The van der Waals surface area contributed by atoms with Gasteiger partial charge in [0.15, 0.2) is 5.76 Å². The van der Waals surface area contributed by atoms with E-state index in [2.05, 4.69) is 20.4 Å². The minimum Gasteiger partial charge on any atom is -0.478 e. The van der Waals surface area contributed by atoms with Crippen molar-refractivity contribution < 1.29 is 14.1 Å². The van der Waals surface area contributed by atoms with Gasteiger partial charge in [-0.05, 0) is 26.8 Å². The van der Waals surface area contributed by atoms with Gasteiger partial charge in [0.05, 0.1) is 6.61 Å². The molecule has 2 amide bonds. The highest BCUT2D eigenvalue weighted by Gasteiger charge is 2.23. The topological polar surface area (TPSA) is 83.7 Å². The van der Waals surface area contributed by atoms with Crippen molar-refractivity contribution in [1.29, 1.82) is 0 Å². The van der Waals surface area contributed by atoms with Gasteiger partial charge in [-0.15, -0.1) is 0 Å². The molecule has 0 atom stereocenters. The number of carbonyl (C=O) groups excluding carboxylic acids is 1. The Balaban J connectivity index is 1.58. The van der Waals surface area contributed by atoms with Crippen LogP contribution in [0.2, 0.25) is 0 Å². The molecule has 0 saturated carbocycles. The number of nitrogens with zero attached hydrogens (tertiary/aromatic N) is 4. The minimum atomic E-state index is -0.134. The summed E-state index contributed by atoms with van der Waals surface area (Å²) in [6.45, 7) is 8.79. The zero-order chi connectivity index (χ0) is 17.8. The van der Waals surface area contributed by atoms with E-state index in [-0.39, 0.29) is 6.03 Å². The lowest BCUT2D eigenvalue weighted by Gasteiger charge is -2.35. The van der Waals surface area contributed by atoms with E-state index in [0.29, 0.717) is 42.7 Å². The molecule has 0 radical (unpaired) electrons. The molecule has 0 aliphatic carbocycles. The number of carbonyl (C=O) groups is 1. The summed E-state index contributed by atoms with van der Waals surface area (Å²) in [5.74, 6) is 2.11. The number of hydrogen-bond donors (Lipinski definition) is 1. The molecule has 0 unspecified atom stereocenters. The van der Waals surface area contributed by atoms with Crippen LogP contribution in [0.3, 0.4) is 0 Å². The summed E-state index contributed by atoms with van der Waals surface area (Å²) in [7, 11) is 0. The summed E-state index contributed by atoms with van der Waals surface area (Å²) in [4.78, 5) is 20.9. The quantitative estimate of drug-likeness (QED) is 0.916. The number of amides is 2. The van der Waals surface area contributed by atoms with Gasteiger partial charge in [0.2, 0.25) is 5.88 Å². The van der Waals surface area contributed by atoms with E-state index < -0.39 is 0 Å². The van der Waals surface area contributed by atoms with Crippen molar-refractivity contribution in [3.63, 3.8) is 0 Å². The fourth-order valence-electron chi connectivity index (χ4n) is 2.79. The Morgan fingerprint density at radius 2 is 2.04 bits per heavy atom. The fourth-order valence-corrected chi connectivity index (χ4v) is 2.79. The molecule has 8 nitrogen and oxygen atoms in total. The molecule has 1 N–H and O–H groups in total. The number of urea groups is 1. The number of hydrogen-bond acceptors (Lipinski definition) is 6. The van der Waals surface area contributed by atoms with Crippen LogP contribution in [0, 0.1) is 13.8 Å². The lowest BCUT2D eigenvalue weighted by molar-refractivity contribution is 0.208. The monoisotopic (exact) mass is 345 g/mol. The van der Waals surface area contributed by atoms with E-state index in [4.69, 9.17) is 9.26 Å². The average Bonchev–Trinajstić information content (AvgIpc) is 2.94. The first-order valence-electron chi connectivity index (χ1n) is 8.42. The van der Waals surface area contributed by atoms with Crippen LogP contribution in [0.1, 0.15) is 18.4 Å². The number of rotatable bonds is 4. The molecule has 0 spiro atoms. The van der Waals surface area contributed by atoms with E-state index in [9.17, 15) is 4.79 Å². The van der Waals surface area contributed by atoms with Gasteiger partial charge < -0.3 is 24.4 Å². The first-order valence-corrected chi connectivity index (χ1v) is 8.42. The molecule has 3 rings (SSSR count). The summed E-state index contributed by atoms with van der Waals surface area (Å²) in [5, 5.41) is 6.74. The molecule has 8 heteroatoms. The molecule has 1 aliphatic heterocycles. The second-order valence-electron chi connectivity index (χ2n) is 5.87. The largest absolute Gasteiger partial charge is 0.478 e. The Morgan fingerprint density at radius 3 is 2.68 bits per heavy atom. The van der Waals surface area contributed by atoms with Crippen LogP contribution < -0.4 is 15.0 Å². The summed E-state index contributed by atoms with van der Waals surface area (Å²) >= 11 is 0. The van der Waals surface area contributed by atoms with Crippen molar-refractivity contribution in [2.75, 3.05) is 43.0 Å². The van der Waals surface area contributed by atoms with Gasteiger partial charge in [-0.3, -0.25) is 0 Å². The molecule has 0 bridgehead atoms. The molecular formula is C17H23N5O3. The number of aryl methyl sites for hydroxylation is 2. The first-order chi connectivity index (χ1) is 12.1. The van der Waals surface area contributed by atoms with Crippen molar-refractivity contribution in [2.45, 2.75) is 20.8 Å². The number of anilines is 2. The zero-order valence-electron chi connectivity index (χ0n) is 14.8. The SMILES string of the molecule is CCOc1cccc(N2CCN(C(=O)Nc3c(C)noc3C)CC2)n1. The van der Waals surface area contributed by atoms with E-state index in [1.807, 2.05) is 25.1 Å². The first kappa shape index (κ1) is 17.1. The Morgan fingerprint density at radius 1 is 1.28 bits per heavy atom. The molecule has 1 aliphatic rings. The molecule has 2 aromatic rings. The number of ether oxygens (including phenoxy) is 1. The maximum absolute atomic E-state index is 12.4. The predicted molar refractivity (Wildman–Crippen MR) is 94.2 cm³/mol. The molecular weight excluding hydrogens is 322 g/mol. The summed E-state index contributed by atoms with van der Waals surface area (Å²) in [6, 6.07) is 5.61. The molecule has 25 heavy (non-hydrogen) atoms. The zero-order valence-corrected chi connectivity index (χ0v) is 14.8. The van der Waals surface area contributed by atoms with Crippen LogP contribution in [-0.4, -0.2) is 53.9 Å². The van der Waals surface area contributed by atoms with Gasteiger partial charge in [-0.1, -0.05) is 11.2 Å². The lowest BCUT2D eigenvalue weighted by Crippen LogP contribution is -2.50. The number of aromatic nitrogens is 2. The summed E-state index contributed by atoms with van der Waals surface area (Å²) < 4.78 is 10.5. The third kappa shape index (κ3) is 3.84. The molecule has 1 fully saturated rings. The van der Waals surface area contributed by atoms with Crippen LogP contribution >= 0.6 is 0 Å². The number of nitrogens with one attached hydrogen (secondary N) is 1. The van der Waals surface area contributed by atoms with Crippen LogP contribution in [-0.2, 0) is 0 Å². The van der Waals surface area contributed by atoms with Crippen LogP contribution in [0.4, 0.5) is 16.3 Å². The number of piperazine rings is 1. The van der Waals surface area contributed by atoms with Crippen LogP contribution in [0.15, 0.2) is 22.7 Å². The molecule has 2 aromatic heterocycles. The smallest absolute Gasteiger partial charge is 0.322 e. The van der Waals surface area contributed by atoms with Gasteiger partial charge in [-0.25, -0.2) is 4.79 Å². The van der Waals surface area contributed by atoms with E-state index in [0.717, 1.165) is 18.9 Å². The lowest BCUT2D eigenvalue weighted by atomic mass is 10.3. The Bertz CT molecular complexity index is 718. The van der Waals surface area contributed by atoms with Crippen molar-refractivity contribution in [1.82, 2.24) is 15.0 Å². The van der Waals surface area contributed by atoms with Gasteiger partial charge in [0.1, 0.15) is 17.2 Å². The van der Waals surface area contributed by atoms with E-state index in [1.165, 1.54) is 0 Å². The van der Waals surface area contributed by atoms with Gasteiger partial charge in [-0.2, -0.15) is 4.98 Å². The van der Waals surface area contributed by atoms with E-state index in [1.54, 1.807) is 18.7 Å². The van der Waals surface area contributed by atoms with Gasteiger partial charge in [0, 0.05) is 32.2 Å². The van der Waals surface area contributed by atoms with Crippen LogP contribution in [0.25, 0.3) is 0 Å². The van der Waals surface area contributed by atoms with Crippen molar-refractivity contribution in [3.05, 3.63) is 29.7 Å². The third-order valence-corrected chi connectivity index (χ3v) is 4.16. The maximum Gasteiger partial charge on any atom is 0.322 e. The summed E-state index contributed by atoms with van der Waals surface area (Å²) in [5.41, 5.74) is 1.33. The third-order valence-electron chi connectivity index (χ3n) is 4.16. The van der Waals surface area contributed by atoms with Crippen molar-refractivity contribution in [2.24, 2.45) is 0 Å². The molecule has 1 saturated heterocycles. The molecule has 0 aromatic carbocycles. The summed E-state index contributed by atoms with van der Waals surface area (Å²) in [6.07, 6.45) is 0. The van der Waals surface area contributed by atoms with Gasteiger partial charge >= 0.3 is 6.03 Å². The normalized spacial score (nSPS) is 14.5. The number of pyridine rings is 1. The molecule has 3 heterocycles. The second-order valence-corrected chi connectivity index (χ2v) is 5.87. The van der Waals surface area contributed by atoms with Gasteiger partial charge in [0.25, 0.3) is 0 Å². The second kappa shape index (κ2) is 7.42. The fraction of sp³-hybridized carbons (Fsp3) is 0.471. The highest BCUT2D eigenvalue weighted by molar-refractivity contribution is 5.90. The average molecular weight is 345 g/mol. The minimum absolute atomic E-state index is 0.134. The highest BCUT2D eigenvalue weighted by atomic mass is 16.5. The Labute approximate surface area is 146 Å². The maximum atomic E-state index is 12.4. The molecule has 134 valence electrons. The van der Waals surface area contributed by atoms with Crippen molar-refractivity contribution >= 4 is 17.5 Å². The van der Waals surface area contributed by atoms with E-state index >= 15 is 0 Å². The Kier molecular flexibility index (Phi) is 5.06. The standard InChI is InChI=1S/C17H23N5O3/c1-4-24-15-7-5-6-14(18-15)21-8-10-22(11-9-21)17(23)19-16-12(2)20-25-13(16)3/h5-7H,4,8-11H2,1-3H3,(H,19,23). The predicted octanol–water partition coefficient (Wildman–Crippen LogP) is 2.44. The highest BCUT2D eigenvalue weighted by Crippen LogP contribution is 2.21. The van der Waals surface area contributed by atoms with Crippen molar-refractivity contribution in [3.8, 4) is 5.88 Å². The van der Waals surface area contributed by atoms with Crippen LogP contribution in [0.5, 0.6) is 5.88 Å². The Hall–Kier alpha value is -2.77.